The molecule has 0 atom stereocenters. The number of carbonyl (C=O) groups excluding carboxylic acids is 1. The molecule has 0 aliphatic carbocycles. The number of Topliss-reactive ketones (excluding diaryl/α,β-unsaturated/α-hetero) is 1. The average Bonchev–Trinajstić information content (AvgIpc) is 2.57. The average molecular weight is 323 g/mol. The topological polar surface area (TPSA) is 95.1 Å². The fourth-order valence-electron chi connectivity index (χ4n) is 2.36. The summed E-state index contributed by atoms with van der Waals surface area (Å²) in [5, 5.41) is 11.0. The number of aromatic nitrogens is 2. The summed E-state index contributed by atoms with van der Waals surface area (Å²) in [5.74, 6) is -0.233. The van der Waals surface area contributed by atoms with Gasteiger partial charge in [-0.05, 0) is 13.0 Å². The molecule has 0 bridgehead atoms. The van der Waals surface area contributed by atoms with Gasteiger partial charge in [-0.2, -0.15) is 0 Å². The number of fused-ring (bicyclic) bond motifs is 1. The van der Waals surface area contributed by atoms with Gasteiger partial charge in [0.05, 0.1) is 28.7 Å². The van der Waals surface area contributed by atoms with Crippen molar-refractivity contribution < 1.29 is 9.72 Å². The standard InChI is InChI=1S/C17H13N3O4/c1-11-2-4-12(5-3-11)16(21)9-19-10-18-15-7-6-13(20(23)24)8-14(15)17(19)22/h2-8,10H,9H2,1H3. The monoisotopic (exact) mass is 323 g/mol. The van der Waals surface area contributed by atoms with Crippen LogP contribution in [0.2, 0.25) is 0 Å². The van der Waals surface area contributed by atoms with Gasteiger partial charge < -0.3 is 0 Å². The van der Waals surface area contributed by atoms with Gasteiger partial charge >= 0.3 is 0 Å². The quantitative estimate of drug-likeness (QED) is 0.417. The number of benzene rings is 2. The molecule has 0 N–H and O–H groups in total. The largest absolute Gasteiger partial charge is 0.292 e. The molecule has 0 saturated carbocycles. The van der Waals surface area contributed by atoms with Gasteiger partial charge in [0, 0.05) is 17.7 Å². The fourth-order valence-corrected chi connectivity index (χ4v) is 2.36. The number of carbonyl (C=O) groups is 1. The number of nitrogens with zero attached hydrogens (tertiary/aromatic N) is 3. The Morgan fingerprint density at radius 1 is 1.21 bits per heavy atom. The maximum Gasteiger partial charge on any atom is 0.270 e. The highest BCUT2D eigenvalue weighted by Crippen LogP contribution is 2.16. The lowest BCUT2D eigenvalue weighted by Gasteiger charge is -2.06. The number of hydrogen-bond acceptors (Lipinski definition) is 5. The number of non-ortho nitro benzene ring substituents is 1. The molecule has 120 valence electrons. The van der Waals surface area contributed by atoms with Crippen LogP contribution < -0.4 is 5.56 Å². The zero-order chi connectivity index (χ0) is 17.3. The lowest BCUT2D eigenvalue weighted by molar-refractivity contribution is -0.384. The molecule has 3 rings (SSSR count). The zero-order valence-electron chi connectivity index (χ0n) is 12.8. The number of nitro benzene ring substituents is 1. The second-order valence-corrected chi connectivity index (χ2v) is 5.43. The maximum absolute atomic E-state index is 12.5. The van der Waals surface area contributed by atoms with E-state index in [0.29, 0.717) is 11.1 Å². The minimum Gasteiger partial charge on any atom is -0.292 e. The zero-order valence-corrected chi connectivity index (χ0v) is 12.8. The molecule has 0 aliphatic heterocycles. The molecule has 0 saturated heterocycles. The summed E-state index contributed by atoms with van der Waals surface area (Å²) in [6.45, 7) is 1.74. The van der Waals surface area contributed by atoms with E-state index in [2.05, 4.69) is 4.98 Å². The van der Waals surface area contributed by atoms with Gasteiger partial charge in [0.25, 0.3) is 11.2 Å². The third-order valence-electron chi connectivity index (χ3n) is 3.71. The maximum atomic E-state index is 12.5. The lowest BCUT2D eigenvalue weighted by atomic mass is 10.1. The van der Waals surface area contributed by atoms with Crippen molar-refractivity contribution >= 4 is 22.4 Å². The Labute approximate surface area is 136 Å². The first-order chi connectivity index (χ1) is 11.5. The lowest BCUT2D eigenvalue weighted by Crippen LogP contribution is -2.24. The summed E-state index contributed by atoms with van der Waals surface area (Å²) in [5.41, 5.74) is 1.20. The van der Waals surface area contributed by atoms with Crippen LogP contribution in [-0.4, -0.2) is 20.3 Å². The van der Waals surface area contributed by atoms with Crippen molar-refractivity contribution in [2.24, 2.45) is 0 Å². The highest BCUT2D eigenvalue weighted by molar-refractivity contribution is 5.96. The third-order valence-corrected chi connectivity index (χ3v) is 3.71. The van der Waals surface area contributed by atoms with Crippen LogP contribution in [0.1, 0.15) is 15.9 Å². The van der Waals surface area contributed by atoms with E-state index in [9.17, 15) is 19.7 Å². The van der Waals surface area contributed by atoms with Crippen LogP contribution >= 0.6 is 0 Å². The predicted molar refractivity (Wildman–Crippen MR) is 88.2 cm³/mol. The summed E-state index contributed by atoms with van der Waals surface area (Å²) < 4.78 is 1.16. The summed E-state index contributed by atoms with van der Waals surface area (Å²) >= 11 is 0. The highest BCUT2D eigenvalue weighted by atomic mass is 16.6. The number of ketones is 1. The SMILES string of the molecule is Cc1ccc(C(=O)Cn2cnc3ccc([N+](=O)[O-])cc3c2=O)cc1. The van der Waals surface area contributed by atoms with Crippen LogP contribution in [-0.2, 0) is 6.54 Å². The fraction of sp³-hybridized carbons (Fsp3) is 0.118. The Morgan fingerprint density at radius 3 is 2.58 bits per heavy atom. The van der Waals surface area contributed by atoms with Crippen molar-refractivity contribution in [2.45, 2.75) is 13.5 Å². The summed E-state index contributed by atoms with van der Waals surface area (Å²) in [6.07, 6.45) is 1.28. The van der Waals surface area contributed by atoms with Crippen LogP contribution in [0.5, 0.6) is 0 Å². The Balaban J connectivity index is 1.99. The molecule has 24 heavy (non-hydrogen) atoms. The highest BCUT2D eigenvalue weighted by Gasteiger charge is 2.13. The smallest absolute Gasteiger partial charge is 0.270 e. The minimum atomic E-state index is -0.576. The summed E-state index contributed by atoms with van der Waals surface area (Å²) in [6, 6.07) is 10.9. The minimum absolute atomic E-state index is 0.114. The van der Waals surface area contributed by atoms with E-state index < -0.39 is 10.5 Å². The van der Waals surface area contributed by atoms with Gasteiger partial charge in [-0.3, -0.25) is 24.3 Å². The number of aryl methyl sites for hydroxylation is 1. The van der Waals surface area contributed by atoms with E-state index in [4.69, 9.17) is 0 Å². The second-order valence-electron chi connectivity index (χ2n) is 5.43. The van der Waals surface area contributed by atoms with E-state index in [1.165, 1.54) is 24.5 Å². The van der Waals surface area contributed by atoms with Crippen molar-refractivity contribution in [3.8, 4) is 0 Å². The van der Waals surface area contributed by atoms with Crippen LogP contribution in [0.25, 0.3) is 10.9 Å². The molecule has 3 aromatic rings. The normalized spacial score (nSPS) is 10.7. The third kappa shape index (κ3) is 2.91. The van der Waals surface area contributed by atoms with Gasteiger partial charge in [-0.1, -0.05) is 29.8 Å². The van der Waals surface area contributed by atoms with Gasteiger partial charge in [0.2, 0.25) is 0 Å². The van der Waals surface area contributed by atoms with Crippen LogP contribution in [0.4, 0.5) is 5.69 Å². The first-order valence-corrected chi connectivity index (χ1v) is 7.19. The van der Waals surface area contributed by atoms with Crippen LogP contribution in [0.15, 0.2) is 53.6 Å². The number of rotatable bonds is 4. The molecule has 7 nitrogen and oxygen atoms in total. The molecule has 0 fully saturated rings. The number of hydrogen-bond donors (Lipinski definition) is 0. The van der Waals surface area contributed by atoms with Crippen LogP contribution in [0.3, 0.4) is 0 Å². The van der Waals surface area contributed by atoms with E-state index in [1.54, 1.807) is 12.1 Å². The van der Waals surface area contributed by atoms with Gasteiger partial charge in [0.15, 0.2) is 5.78 Å². The number of nitro groups is 1. The van der Waals surface area contributed by atoms with Gasteiger partial charge in [0.1, 0.15) is 0 Å². The van der Waals surface area contributed by atoms with Crippen molar-refractivity contribution in [1.82, 2.24) is 9.55 Å². The Morgan fingerprint density at radius 2 is 1.92 bits per heavy atom. The molecular formula is C17H13N3O4. The van der Waals surface area contributed by atoms with Crippen molar-refractivity contribution in [3.05, 3.63) is 80.4 Å². The molecule has 0 radical (unpaired) electrons. The Bertz CT molecular complexity index is 1010. The van der Waals surface area contributed by atoms with E-state index >= 15 is 0 Å². The molecule has 0 amide bonds. The summed E-state index contributed by atoms with van der Waals surface area (Å²) in [4.78, 5) is 39.1. The molecule has 7 heteroatoms. The Kier molecular flexibility index (Phi) is 3.91. The first kappa shape index (κ1) is 15.5. The van der Waals surface area contributed by atoms with Crippen molar-refractivity contribution in [1.29, 1.82) is 0 Å². The molecule has 0 unspecified atom stereocenters. The second kappa shape index (κ2) is 6.04. The molecule has 1 heterocycles. The van der Waals surface area contributed by atoms with Gasteiger partial charge in [-0.25, -0.2) is 4.98 Å². The van der Waals surface area contributed by atoms with E-state index in [-0.39, 0.29) is 23.4 Å². The van der Waals surface area contributed by atoms with Crippen molar-refractivity contribution in [2.75, 3.05) is 0 Å². The molecule has 0 aliphatic rings. The van der Waals surface area contributed by atoms with Crippen molar-refractivity contribution in [3.63, 3.8) is 0 Å². The van der Waals surface area contributed by atoms with E-state index in [0.717, 1.165) is 10.1 Å². The van der Waals surface area contributed by atoms with E-state index in [1.807, 2.05) is 19.1 Å². The van der Waals surface area contributed by atoms with Gasteiger partial charge in [-0.15, -0.1) is 0 Å². The Hall–Kier alpha value is -3.35. The van der Waals surface area contributed by atoms with Crippen LogP contribution in [0, 0.1) is 17.0 Å². The molecule has 0 spiro atoms. The summed E-state index contributed by atoms with van der Waals surface area (Å²) in [7, 11) is 0. The first-order valence-electron chi connectivity index (χ1n) is 7.19. The molecular weight excluding hydrogens is 310 g/mol. The molecule has 2 aromatic carbocycles. The predicted octanol–water partition coefficient (Wildman–Crippen LogP) is 2.50. The molecule has 1 aromatic heterocycles.